The van der Waals surface area contributed by atoms with E-state index in [4.69, 9.17) is 9.47 Å². The van der Waals surface area contributed by atoms with Crippen molar-refractivity contribution in [3.63, 3.8) is 0 Å². The molecule has 0 N–H and O–H groups in total. The number of sulfonamides is 1. The summed E-state index contributed by atoms with van der Waals surface area (Å²) in [4.78, 5) is 13.5. The Hall–Kier alpha value is -2.16. The lowest BCUT2D eigenvalue weighted by molar-refractivity contribution is 0.0292. The molecule has 25 heavy (non-hydrogen) atoms. The lowest BCUT2D eigenvalue weighted by atomic mass is 10.2. The molecule has 138 valence electrons. The molecule has 0 aliphatic carbocycles. The Labute approximate surface area is 147 Å². The van der Waals surface area contributed by atoms with E-state index < -0.39 is 21.7 Å². The van der Waals surface area contributed by atoms with Crippen LogP contribution in [0.5, 0.6) is 5.75 Å². The van der Waals surface area contributed by atoms with Gasteiger partial charge in [-0.3, -0.25) is 0 Å². The van der Waals surface area contributed by atoms with Crippen molar-refractivity contribution < 1.29 is 22.7 Å². The zero-order valence-electron chi connectivity index (χ0n) is 14.8. The number of carbonyl (C=O) groups is 1. The van der Waals surface area contributed by atoms with Crippen molar-refractivity contribution >= 4 is 16.1 Å². The fourth-order valence-corrected chi connectivity index (χ4v) is 3.08. The molecule has 9 heteroatoms. The molecule has 0 saturated carbocycles. The molecular weight excluding hydrogens is 346 g/mol. The molecular formula is C16H23N3O5S. The summed E-state index contributed by atoms with van der Waals surface area (Å²) < 4.78 is 38.2. The van der Waals surface area contributed by atoms with Gasteiger partial charge in [-0.05, 0) is 51.5 Å². The van der Waals surface area contributed by atoms with E-state index in [2.05, 4.69) is 9.63 Å². The van der Waals surface area contributed by atoms with Crippen molar-refractivity contribution in [2.24, 2.45) is 9.63 Å². The predicted molar refractivity (Wildman–Crippen MR) is 91.2 cm³/mol. The van der Waals surface area contributed by atoms with Gasteiger partial charge in [-0.25, -0.2) is 4.79 Å². The summed E-state index contributed by atoms with van der Waals surface area (Å²) in [6.45, 7) is 6.12. The SMILES string of the molecule is COc1ccc(S(=O)(=O)/N=N/C2CCN(C(=O)OC(C)(C)C)C2)cc1. The van der Waals surface area contributed by atoms with Crippen LogP contribution in [0.25, 0.3) is 0 Å². The Balaban J connectivity index is 1.98. The Bertz CT molecular complexity index is 738. The van der Waals surface area contributed by atoms with E-state index >= 15 is 0 Å². The molecule has 1 aromatic rings. The maximum absolute atomic E-state index is 12.2. The highest BCUT2D eigenvalue weighted by Crippen LogP contribution is 2.20. The molecule has 8 nitrogen and oxygen atoms in total. The molecule has 1 atom stereocenters. The Morgan fingerprint density at radius 1 is 1.24 bits per heavy atom. The van der Waals surface area contributed by atoms with Crippen molar-refractivity contribution in [1.29, 1.82) is 0 Å². The maximum Gasteiger partial charge on any atom is 0.410 e. The van der Waals surface area contributed by atoms with Crippen LogP contribution in [-0.2, 0) is 14.8 Å². The summed E-state index contributed by atoms with van der Waals surface area (Å²) in [7, 11) is -2.37. The van der Waals surface area contributed by atoms with Gasteiger partial charge in [0.1, 0.15) is 11.4 Å². The molecule has 0 aromatic heterocycles. The number of amides is 1. The van der Waals surface area contributed by atoms with Gasteiger partial charge in [-0.1, -0.05) is 4.52 Å². The van der Waals surface area contributed by atoms with E-state index in [1.54, 1.807) is 32.9 Å². The Morgan fingerprint density at radius 2 is 1.88 bits per heavy atom. The average molecular weight is 369 g/mol. The minimum Gasteiger partial charge on any atom is -0.497 e. The van der Waals surface area contributed by atoms with Crippen LogP contribution in [0.3, 0.4) is 0 Å². The van der Waals surface area contributed by atoms with E-state index in [9.17, 15) is 13.2 Å². The first-order valence-electron chi connectivity index (χ1n) is 7.90. The topological polar surface area (TPSA) is 97.6 Å². The summed E-state index contributed by atoms with van der Waals surface area (Å²) in [6.07, 6.45) is 0.115. The molecule has 1 amide bonds. The zero-order valence-corrected chi connectivity index (χ0v) is 15.6. The summed E-state index contributed by atoms with van der Waals surface area (Å²) in [5.74, 6) is 0.555. The second-order valence-electron chi connectivity index (χ2n) is 6.72. The number of benzene rings is 1. The number of hydrogen-bond acceptors (Lipinski definition) is 6. The Morgan fingerprint density at radius 3 is 2.44 bits per heavy atom. The van der Waals surface area contributed by atoms with Gasteiger partial charge in [0.15, 0.2) is 0 Å². The third kappa shape index (κ3) is 5.42. The quantitative estimate of drug-likeness (QED) is 0.760. The van der Waals surface area contributed by atoms with Gasteiger partial charge in [-0.15, -0.1) is 0 Å². The van der Waals surface area contributed by atoms with E-state index in [0.717, 1.165) is 0 Å². The highest BCUT2D eigenvalue weighted by Gasteiger charge is 2.30. The summed E-state index contributed by atoms with van der Waals surface area (Å²) in [5.41, 5.74) is -0.575. The first-order chi connectivity index (χ1) is 11.6. The van der Waals surface area contributed by atoms with Crippen LogP contribution >= 0.6 is 0 Å². The molecule has 1 aliphatic heterocycles. The smallest absolute Gasteiger partial charge is 0.410 e. The van der Waals surface area contributed by atoms with Gasteiger partial charge < -0.3 is 14.4 Å². The molecule has 0 radical (unpaired) electrons. The fourth-order valence-electron chi connectivity index (χ4n) is 2.25. The van der Waals surface area contributed by atoms with Crippen LogP contribution in [0, 0.1) is 0 Å². The second-order valence-corrected chi connectivity index (χ2v) is 8.30. The molecule has 1 aliphatic rings. The summed E-state index contributed by atoms with van der Waals surface area (Å²) in [6, 6.07) is 5.55. The van der Waals surface area contributed by atoms with Crippen molar-refractivity contribution in [3.05, 3.63) is 24.3 Å². The number of likely N-dealkylation sites (tertiary alicyclic amines) is 1. The van der Waals surface area contributed by atoms with Crippen molar-refractivity contribution in [3.8, 4) is 5.75 Å². The molecule has 1 heterocycles. The van der Waals surface area contributed by atoms with Crippen LogP contribution in [0.15, 0.2) is 38.8 Å². The van der Waals surface area contributed by atoms with Crippen LogP contribution in [0.4, 0.5) is 4.79 Å². The minimum atomic E-state index is -3.87. The summed E-state index contributed by atoms with van der Waals surface area (Å²) in [5, 5.41) is 3.90. The lowest BCUT2D eigenvalue weighted by Crippen LogP contribution is -2.35. The van der Waals surface area contributed by atoms with Crippen LogP contribution in [0.2, 0.25) is 0 Å². The third-order valence-corrected chi connectivity index (χ3v) is 4.67. The van der Waals surface area contributed by atoms with Crippen LogP contribution in [0.1, 0.15) is 27.2 Å². The largest absolute Gasteiger partial charge is 0.497 e. The maximum atomic E-state index is 12.2. The van der Waals surface area contributed by atoms with E-state index in [0.29, 0.717) is 18.7 Å². The second kappa shape index (κ2) is 7.38. The van der Waals surface area contributed by atoms with Gasteiger partial charge in [0.2, 0.25) is 0 Å². The van der Waals surface area contributed by atoms with E-state index in [1.165, 1.54) is 24.1 Å². The number of ether oxygens (including phenoxy) is 2. The highest BCUT2D eigenvalue weighted by atomic mass is 32.2. The van der Waals surface area contributed by atoms with Crippen molar-refractivity contribution in [2.75, 3.05) is 20.2 Å². The van der Waals surface area contributed by atoms with E-state index in [-0.39, 0.29) is 17.5 Å². The van der Waals surface area contributed by atoms with Crippen molar-refractivity contribution in [1.82, 2.24) is 4.90 Å². The third-order valence-electron chi connectivity index (χ3n) is 3.49. The van der Waals surface area contributed by atoms with Gasteiger partial charge in [-0.2, -0.15) is 13.5 Å². The van der Waals surface area contributed by atoms with Gasteiger partial charge in [0.05, 0.1) is 18.0 Å². The monoisotopic (exact) mass is 369 g/mol. The standard InChI is InChI=1S/C16H23N3O5S/c1-16(2,3)24-15(20)19-10-9-12(11-19)17-18-25(21,22)14-7-5-13(23-4)6-8-14/h5-8,12H,9-11H2,1-4H3/b18-17+. The van der Waals surface area contributed by atoms with Gasteiger partial charge in [0, 0.05) is 13.1 Å². The van der Waals surface area contributed by atoms with Gasteiger partial charge in [0.25, 0.3) is 10.0 Å². The zero-order chi connectivity index (χ0) is 18.7. The fraction of sp³-hybridized carbons (Fsp3) is 0.562. The average Bonchev–Trinajstić information content (AvgIpc) is 3.01. The lowest BCUT2D eigenvalue weighted by Gasteiger charge is -2.24. The van der Waals surface area contributed by atoms with Crippen LogP contribution < -0.4 is 4.74 Å². The predicted octanol–water partition coefficient (Wildman–Crippen LogP) is 2.85. The molecule has 2 rings (SSSR count). The minimum absolute atomic E-state index is 0.0408. The summed E-state index contributed by atoms with van der Waals surface area (Å²) >= 11 is 0. The Kier molecular flexibility index (Phi) is 5.66. The molecule has 0 spiro atoms. The highest BCUT2D eigenvalue weighted by molar-refractivity contribution is 7.90. The van der Waals surface area contributed by atoms with E-state index in [1.807, 2.05) is 0 Å². The number of carbonyl (C=O) groups excluding carboxylic acids is 1. The number of hydrogen-bond donors (Lipinski definition) is 0. The first-order valence-corrected chi connectivity index (χ1v) is 9.34. The van der Waals surface area contributed by atoms with Gasteiger partial charge >= 0.3 is 6.09 Å². The number of methoxy groups -OCH3 is 1. The molecule has 0 bridgehead atoms. The number of nitrogens with zero attached hydrogens (tertiary/aromatic N) is 3. The molecule has 1 fully saturated rings. The number of rotatable bonds is 4. The molecule has 1 saturated heterocycles. The normalized spacial score (nSPS) is 18.6. The van der Waals surface area contributed by atoms with Crippen molar-refractivity contribution in [2.45, 2.75) is 43.7 Å². The molecule has 1 unspecified atom stereocenters. The van der Waals surface area contributed by atoms with Crippen LogP contribution in [-0.4, -0.2) is 51.3 Å². The first kappa shape index (κ1) is 19.2. The molecule has 1 aromatic carbocycles.